The van der Waals surface area contributed by atoms with Crippen LogP contribution in [0.25, 0.3) is 0 Å². The van der Waals surface area contributed by atoms with Gasteiger partial charge in [0.2, 0.25) is 0 Å². The summed E-state index contributed by atoms with van der Waals surface area (Å²) in [7, 11) is 0. The molecule has 0 bridgehead atoms. The highest BCUT2D eigenvalue weighted by atomic mass is 16.5. The number of nitrogens with one attached hydrogen (secondary N) is 1. The van der Waals surface area contributed by atoms with Crippen LogP contribution in [-0.4, -0.2) is 32.9 Å². The van der Waals surface area contributed by atoms with Crippen LogP contribution in [0.4, 0.5) is 0 Å². The smallest absolute Gasteiger partial charge is 0.119 e. The second-order valence-corrected chi connectivity index (χ2v) is 5.15. The fourth-order valence-corrected chi connectivity index (χ4v) is 1.89. The SMILES string of the molecule is Cc1cccc(OCCNCC2(C)COC2)c1. The van der Waals surface area contributed by atoms with Crippen LogP contribution in [-0.2, 0) is 4.74 Å². The molecule has 1 heterocycles. The molecule has 0 unspecified atom stereocenters. The summed E-state index contributed by atoms with van der Waals surface area (Å²) in [5, 5.41) is 3.41. The summed E-state index contributed by atoms with van der Waals surface area (Å²) in [4.78, 5) is 0. The molecule has 3 nitrogen and oxygen atoms in total. The molecule has 1 aromatic carbocycles. The Balaban J connectivity index is 1.60. The van der Waals surface area contributed by atoms with Gasteiger partial charge in [-0.2, -0.15) is 0 Å². The first-order chi connectivity index (χ1) is 8.18. The predicted octanol–water partition coefficient (Wildman–Crippen LogP) is 2.00. The van der Waals surface area contributed by atoms with Gasteiger partial charge in [0, 0.05) is 18.5 Å². The summed E-state index contributed by atoms with van der Waals surface area (Å²) in [5.74, 6) is 0.949. The van der Waals surface area contributed by atoms with E-state index in [-0.39, 0.29) is 0 Å². The largest absolute Gasteiger partial charge is 0.492 e. The molecule has 1 aliphatic rings. The number of rotatable bonds is 6. The van der Waals surface area contributed by atoms with Crippen LogP contribution in [0.3, 0.4) is 0 Å². The standard InChI is InChI=1S/C14H21NO2/c1-12-4-3-5-13(8-12)17-7-6-15-9-14(2)10-16-11-14/h3-5,8,15H,6-7,9-11H2,1-2H3. The first kappa shape index (κ1) is 12.4. The molecular weight excluding hydrogens is 214 g/mol. The van der Waals surface area contributed by atoms with Crippen molar-refractivity contribution in [3.8, 4) is 5.75 Å². The molecule has 1 saturated heterocycles. The molecule has 0 spiro atoms. The van der Waals surface area contributed by atoms with Crippen LogP contribution in [0.1, 0.15) is 12.5 Å². The summed E-state index contributed by atoms with van der Waals surface area (Å²) in [6.45, 7) is 8.65. The zero-order valence-corrected chi connectivity index (χ0v) is 10.7. The fraction of sp³-hybridized carbons (Fsp3) is 0.571. The van der Waals surface area contributed by atoms with Crippen LogP contribution < -0.4 is 10.1 Å². The predicted molar refractivity (Wildman–Crippen MR) is 68.5 cm³/mol. The van der Waals surface area contributed by atoms with Crippen molar-refractivity contribution in [2.24, 2.45) is 5.41 Å². The van der Waals surface area contributed by atoms with Crippen molar-refractivity contribution < 1.29 is 9.47 Å². The number of hydrogen-bond donors (Lipinski definition) is 1. The van der Waals surface area contributed by atoms with Crippen LogP contribution in [0.15, 0.2) is 24.3 Å². The minimum Gasteiger partial charge on any atom is -0.492 e. The summed E-state index contributed by atoms with van der Waals surface area (Å²) in [6, 6.07) is 8.14. The van der Waals surface area contributed by atoms with Gasteiger partial charge in [-0.25, -0.2) is 0 Å². The minimum absolute atomic E-state index is 0.337. The molecule has 3 heteroatoms. The Labute approximate surface area is 103 Å². The summed E-state index contributed by atoms with van der Waals surface area (Å²) < 4.78 is 10.9. The molecule has 1 aromatic rings. The molecule has 94 valence electrons. The van der Waals surface area contributed by atoms with Crippen LogP contribution in [0.2, 0.25) is 0 Å². The lowest BCUT2D eigenvalue weighted by molar-refractivity contribution is -0.0990. The van der Waals surface area contributed by atoms with Gasteiger partial charge >= 0.3 is 0 Å². The fourth-order valence-electron chi connectivity index (χ4n) is 1.89. The van der Waals surface area contributed by atoms with Crippen LogP contribution in [0.5, 0.6) is 5.75 Å². The molecule has 0 saturated carbocycles. The molecular formula is C14H21NO2. The molecule has 0 atom stereocenters. The maximum atomic E-state index is 5.66. The van der Waals surface area contributed by atoms with E-state index in [9.17, 15) is 0 Å². The molecule has 17 heavy (non-hydrogen) atoms. The molecule has 2 rings (SSSR count). The van der Waals surface area contributed by atoms with E-state index in [0.717, 1.165) is 32.1 Å². The Hall–Kier alpha value is -1.06. The van der Waals surface area contributed by atoms with Crippen molar-refractivity contribution in [2.75, 3.05) is 32.9 Å². The monoisotopic (exact) mass is 235 g/mol. The van der Waals surface area contributed by atoms with Gasteiger partial charge in [0.25, 0.3) is 0 Å². The third-order valence-electron chi connectivity index (χ3n) is 2.99. The van der Waals surface area contributed by atoms with Crippen molar-refractivity contribution >= 4 is 0 Å². The molecule has 0 radical (unpaired) electrons. The summed E-state index contributed by atoms with van der Waals surface area (Å²) in [6.07, 6.45) is 0. The van der Waals surface area contributed by atoms with Gasteiger partial charge in [-0.3, -0.25) is 0 Å². The van der Waals surface area contributed by atoms with Crippen molar-refractivity contribution in [3.63, 3.8) is 0 Å². The maximum Gasteiger partial charge on any atom is 0.119 e. The third-order valence-corrected chi connectivity index (χ3v) is 2.99. The lowest BCUT2D eigenvalue weighted by Gasteiger charge is -2.38. The van der Waals surface area contributed by atoms with Crippen molar-refractivity contribution in [1.82, 2.24) is 5.32 Å². The van der Waals surface area contributed by atoms with Gasteiger partial charge in [-0.15, -0.1) is 0 Å². The Morgan fingerprint density at radius 1 is 1.41 bits per heavy atom. The van der Waals surface area contributed by atoms with Crippen molar-refractivity contribution in [3.05, 3.63) is 29.8 Å². The Morgan fingerprint density at radius 2 is 2.24 bits per heavy atom. The van der Waals surface area contributed by atoms with Gasteiger partial charge in [-0.1, -0.05) is 19.1 Å². The molecule has 1 fully saturated rings. The van der Waals surface area contributed by atoms with E-state index >= 15 is 0 Å². The number of benzene rings is 1. The van der Waals surface area contributed by atoms with Crippen LogP contribution in [0, 0.1) is 12.3 Å². The zero-order chi connectivity index (χ0) is 12.1. The van der Waals surface area contributed by atoms with Gasteiger partial charge in [0.15, 0.2) is 0 Å². The Kier molecular flexibility index (Phi) is 4.02. The molecule has 1 N–H and O–H groups in total. The minimum atomic E-state index is 0.337. The van der Waals surface area contributed by atoms with E-state index in [1.54, 1.807) is 0 Å². The number of hydrogen-bond acceptors (Lipinski definition) is 3. The summed E-state index contributed by atoms with van der Waals surface area (Å²) >= 11 is 0. The highest BCUT2D eigenvalue weighted by molar-refractivity contribution is 5.27. The van der Waals surface area contributed by atoms with Crippen molar-refractivity contribution in [1.29, 1.82) is 0 Å². The number of ether oxygens (including phenoxy) is 2. The van der Waals surface area contributed by atoms with E-state index in [1.165, 1.54) is 5.56 Å². The molecule has 0 aliphatic carbocycles. The van der Waals surface area contributed by atoms with E-state index in [1.807, 2.05) is 12.1 Å². The van der Waals surface area contributed by atoms with E-state index in [4.69, 9.17) is 9.47 Å². The van der Waals surface area contributed by atoms with E-state index in [2.05, 4.69) is 31.3 Å². The Morgan fingerprint density at radius 3 is 2.88 bits per heavy atom. The molecule has 0 amide bonds. The van der Waals surface area contributed by atoms with Gasteiger partial charge in [0.1, 0.15) is 12.4 Å². The van der Waals surface area contributed by atoms with E-state index < -0.39 is 0 Å². The Bertz CT molecular complexity index is 361. The summed E-state index contributed by atoms with van der Waals surface area (Å²) in [5.41, 5.74) is 1.57. The van der Waals surface area contributed by atoms with Gasteiger partial charge in [-0.05, 0) is 24.6 Å². The first-order valence-electron chi connectivity index (χ1n) is 6.16. The second-order valence-electron chi connectivity index (χ2n) is 5.15. The highest BCUT2D eigenvalue weighted by Crippen LogP contribution is 2.24. The topological polar surface area (TPSA) is 30.5 Å². The average molecular weight is 235 g/mol. The maximum absolute atomic E-state index is 5.66. The molecule has 0 aromatic heterocycles. The lowest BCUT2D eigenvalue weighted by Crippen LogP contribution is -2.47. The highest BCUT2D eigenvalue weighted by Gasteiger charge is 2.32. The third kappa shape index (κ3) is 3.72. The second kappa shape index (κ2) is 5.52. The van der Waals surface area contributed by atoms with Crippen LogP contribution >= 0.6 is 0 Å². The zero-order valence-electron chi connectivity index (χ0n) is 10.7. The van der Waals surface area contributed by atoms with Crippen molar-refractivity contribution in [2.45, 2.75) is 13.8 Å². The average Bonchev–Trinajstić information content (AvgIpc) is 2.26. The van der Waals surface area contributed by atoms with E-state index in [0.29, 0.717) is 12.0 Å². The number of aryl methyl sites for hydroxylation is 1. The molecule has 1 aliphatic heterocycles. The normalized spacial score (nSPS) is 17.5. The lowest BCUT2D eigenvalue weighted by atomic mass is 9.89. The van der Waals surface area contributed by atoms with Gasteiger partial charge < -0.3 is 14.8 Å². The first-order valence-corrected chi connectivity index (χ1v) is 6.16. The van der Waals surface area contributed by atoms with Gasteiger partial charge in [0.05, 0.1) is 13.2 Å². The quantitative estimate of drug-likeness (QED) is 0.765.